The third kappa shape index (κ3) is 5.18. The van der Waals surface area contributed by atoms with Crippen molar-refractivity contribution in [3.8, 4) is 0 Å². The van der Waals surface area contributed by atoms with E-state index < -0.39 is 0 Å². The van der Waals surface area contributed by atoms with Crippen LogP contribution < -0.4 is 5.32 Å². The van der Waals surface area contributed by atoms with Crippen molar-refractivity contribution in [3.05, 3.63) is 59.1 Å². The maximum absolute atomic E-state index is 12.6. The lowest BCUT2D eigenvalue weighted by Crippen LogP contribution is -2.28. The summed E-state index contributed by atoms with van der Waals surface area (Å²) in [5.41, 5.74) is 1.29. The van der Waals surface area contributed by atoms with Crippen molar-refractivity contribution in [2.45, 2.75) is 43.6 Å². The molecule has 2 aromatic rings. The van der Waals surface area contributed by atoms with Crippen LogP contribution in [0.4, 0.5) is 5.69 Å². The number of carbonyl (C=O) groups excluding carboxylic acids is 1. The summed E-state index contributed by atoms with van der Waals surface area (Å²) < 4.78 is 5.74. The fraction of sp³-hybridized carbons (Fsp3) is 0.381. The van der Waals surface area contributed by atoms with Crippen LogP contribution in [0.2, 0.25) is 5.02 Å². The van der Waals surface area contributed by atoms with Gasteiger partial charge >= 0.3 is 5.97 Å². The van der Waals surface area contributed by atoms with Crippen LogP contribution in [0.15, 0.2) is 53.4 Å². The largest absolute Gasteiger partial charge is 0.458 e. The van der Waals surface area contributed by atoms with Gasteiger partial charge in [-0.25, -0.2) is 4.79 Å². The van der Waals surface area contributed by atoms with Crippen molar-refractivity contribution in [3.63, 3.8) is 0 Å². The molecule has 26 heavy (non-hydrogen) atoms. The van der Waals surface area contributed by atoms with E-state index in [1.165, 1.54) is 11.3 Å². The molecule has 3 nitrogen and oxygen atoms in total. The Morgan fingerprint density at radius 2 is 1.96 bits per heavy atom. The van der Waals surface area contributed by atoms with E-state index in [2.05, 4.69) is 24.4 Å². The summed E-state index contributed by atoms with van der Waals surface area (Å²) in [6.07, 6.45) is 4.39. The van der Waals surface area contributed by atoms with Crippen LogP contribution >= 0.6 is 23.4 Å². The molecule has 2 atom stereocenters. The summed E-state index contributed by atoms with van der Waals surface area (Å²) in [4.78, 5) is 13.8. The van der Waals surface area contributed by atoms with Crippen LogP contribution in [0, 0.1) is 5.92 Å². The molecule has 3 rings (SSSR count). The van der Waals surface area contributed by atoms with Crippen LogP contribution in [0.25, 0.3) is 0 Å². The Kier molecular flexibility index (Phi) is 6.86. The van der Waals surface area contributed by atoms with Crippen molar-refractivity contribution < 1.29 is 9.53 Å². The Morgan fingerprint density at radius 1 is 1.19 bits per heavy atom. The molecule has 2 unspecified atom stereocenters. The normalized spacial score (nSPS) is 19.8. The fourth-order valence-corrected chi connectivity index (χ4v) is 4.12. The number of halogens is 1. The monoisotopic (exact) mass is 389 g/mol. The van der Waals surface area contributed by atoms with Crippen molar-refractivity contribution in [1.82, 2.24) is 0 Å². The number of esters is 1. The second kappa shape index (κ2) is 9.33. The SMILES string of the molecule is CC1CCCCC1OC(=O)c1cc(NCSc2ccccc2)ccc1Cl. The lowest BCUT2D eigenvalue weighted by atomic mass is 9.88. The van der Waals surface area contributed by atoms with Gasteiger partial charge in [0.15, 0.2) is 0 Å². The van der Waals surface area contributed by atoms with Gasteiger partial charge in [-0.1, -0.05) is 43.1 Å². The maximum Gasteiger partial charge on any atom is 0.340 e. The molecule has 1 fully saturated rings. The van der Waals surface area contributed by atoms with E-state index in [0.29, 0.717) is 22.4 Å². The van der Waals surface area contributed by atoms with Crippen LogP contribution in [-0.2, 0) is 4.74 Å². The number of benzene rings is 2. The number of hydrogen-bond acceptors (Lipinski definition) is 4. The van der Waals surface area contributed by atoms with E-state index in [1.54, 1.807) is 23.9 Å². The number of anilines is 1. The molecule has 5 heteroatoms. The van der Waals surface area contributed by atoms with E-state index in [4.69, 9.17) is 16.3 Å². The van der Waals surface area contributed by atoms with Crippen molar-refractivity contribution in [2.75, 3.05) is 11.2 Å². The predicted octanol–water partition coefficient (Wildman–Crippen LogP) is 6.24. The lowest BCUT2D eigenvalue weighted by molar-refractivity contribution is 0.00484. The molecule has 1 aliphatic carbocycles. The van der Waals surface area contributed by atoms with E-state index in [-0.39, 0.29) is 12.1 Å². The highest BCUT2D eigenvalue weighted by atomic mass is 35.5. The number of hydrogen-bond donors (Lipinski definition) is 1. The summed E-state index contributed by atoms with van der Waals surface area (Å²) in [7, 11) is 0. The molecular weight excluding hydrogens is 366 g/mol. The first-order valence-corrected chi connectivity index (χ1v) is 10.4. The molecule has 0 heterocycles. The van der Waals surface area contributed by atoms with Gasteiger partial charge in [0.25, 0.3) is 0 Å². The summed E-state index contributed by atoms with van der Waals surface area (Å²) in [6.45, 7) is 2.15. The molecule has 0 aromatic heterocycles. The Bertz CT molecular complexity index is 738. The van der Waals surface area contributed by atoms with Crippen molar-refractivity contribution >= 4 is 35.0 Å². The van der Waals surface area contributed by atoms with E-state index in [1.807, 2.05) is 24.3 Å². The Labute approximate surface area is 164 Å². The minimum absolute atomic E-state index is 0.00225. The highest BCUT2D eigenvalue weighted by Gasteiger charge is 2.26. The fourth-order valence-electron chi connectivity index (χ4n) is 3.17. The lowest BCUT2D eigenvalue weighted by Gasteiger charge is -2.28. The van der Waals surface area contributed by atoms with Gasteiger partial charge in [-0.15, -0.1) is 11.8 Å². The van der Waals surface area contributed by atoms with Crippen LogP contribution in [0.1, 0.15) is 43.0 Å². The Morgan fingerprint density at radius 3 is 2.73 bits per heavy atom. The van der Waals surface area contributed by atoms with E-state index >= 15 is 0 Å². The molecule has 0 radical (unpaired) electrons. The zero-order chi connectivity index (χ0) is 18.4. The van der Waals surface area contributed by atoms with Gasteiger partial charge in [0, 0.05) is 10.6 Å². The second-order valence-electron chi connectivity index (χ2n) is 6.68. The van der Waals surface area contributed by atoms with E-state index in [9.17, 15) is 4.79 Å². The first-order valence-electron chi connectivity index (χ1n) is 9.06. The zero-order valence-electron chi connectivity index (χ0n) is 14.9. The summed E-state index contributed by atoms with van der Waals surface area (Å²) in [5.74, 6) is 0.794. The molecule has 1 aliphatic rings. The molecule has 0 amide bonds. The molecule has 1 saturated carbocycles. The molecule has 0 aliphatic heterocycles. The van der Waals surface area contributed by atoms with Gasteiger partial charge in [-0.05, 0) is 55.5 Å². The molecular formula is C21H24ClNO2S. The quantitative estimate of drug-likeness (QED) is 0.360. The molecule has 0 spiro atoms. The van der Waals surface area contributed by atoms with Crippen molar-refractivity contribution in [2.24, 2.45) is 5.92 Å². The minimum atomic E-state index is -0.326. The molecule has 138 valence electrons. The average Bonchev–Trinajstić information content (AvgIpc) is 2.66. The number of nitrogens with one attached hydrogen (secondary N) is 1. The number of rotatable bonds is 6. The topological polar surface area (TPSA) is 38.3 Å². The van der Waals surface area contributed by atoms with Gasteiger partial charge < -0.3 is 10.1 Å². The standard InChI is InChI=1S/C21H24ClNO2S/c1-15-7-5-6-10-20(15)25-21(24)18-13-16(11-12-19(18)22)23-14-26-17-8-3-2-4-9-17/h2-4,8-9,11-13,15,20,23H,5-7,10,14H2,1H3. The summed E-state index contributed by atoms with van der Waals surface area (Å²) in [5, 5.41) is 3.75. The number of ether oxygens (including phenoxy) is 1. The highest BCUT2D eigenvalue weighted by molar-refractivity contribution is 7.99. The van der Waals surface area contributed by atoms with Crippen molar-refractivity contribution in [1.29, 1.82) is 0 Å². The average molecular weight is 390 g/mol. The molecule has 2 aromatic carbocycles. The van der Waals surface area contributed by atoms with E-state index in [0.717, 1.165) is 24.9 Å². The van der Waals surface area contributed by atoms with Gasteiger partial charge in [0.2, 0.25) is 0 Å². The minimum Gasteiger partial charge on any atom is -0.458 e. The first-order chi connectivity index (χ1) is 12.6. The molecule has 1 N–H and O–H groups in total. The molecule has 0 bridgehead atoms. The highest BCUT2D eigenvalue weighted by Crippen LogP contribution is 2.29. The maximum atomic E-state index is 12.6. The van der Waals surface area contributed by atoms with Gasteiger partial charge in [0.1, 0.15) is 6.10 Å². The second-order valence-corrected chi connectivity index (χ2v) is 8.13. The van der Waals surface area contributed by atoms with Gasteiger partial charge in [-0.2, -0.15) is 0 Å². The van der Waals surface area contributed by atoms with Gasteiger partial charge in [0.05, 0.1) is 16.5 Å². The number of thioether (sulfide) groups is 1. The van der Waals surface area contributed by atoms with Gasteiger partial charge in [-0.3, -0.25) is 0 Å². The predicted molar refractivity (Wildman–Crippen MR) is 109 cm³/mol. The van der Waals surface area contributed by atoms with Crippen LogP contribution in [-0.4, -0.2) is 18.0 Å². The van der Waals surface area contributed by atoms with Crippen LogP contribution in [0.3, 0.4) is 0 Å². The Hall–Kier alpha value is -1.65. The van der Waals surface area contributed by atoms with Crippen LogP contribution in [0.5, 0.6) is 0 Å². The molecule has 0 saturated heterocycles. The smallest absolute Gasteiger partial charge is 0.340 e. The summed E-state index contributed by atoms with van der Waals surface area (Å²) in [6, 6.07) is 15.6. The Balaban J connectivity index is 1.60. The summed E-state index contributed by atoms with van der Waals surface area (Å²) >= 11 is 7.94. The third-order valence-corrected chi connectivity index (χ3v) is 5.96. The third-order valence-electron chi connectivity index (χ3n) is 4.74. The first kappa shape index (κ1) is 19.1. The zero-order valence-corrected chi connectivity index (χ0v) is 16.5. The number of carbonyl (C=O) groups is 1.